The summed E-state index contributed by atoms with van der Waals surface area (Å²) in [6.45, 7) is 1.07. The van der Waals surface area contributed by atoms with Crippen LogP contribution in [0.4, 0.5) is 0 Å². The minimum atomic E-state index is 0.0282. The van der Waals surface area contributed by atoms with Gasteiger partial charge in [0.25, 0.3) is 0 Å². The van der Waals surface area contributed by atoms with Gasteiger partial charge in [-0.3, -0.25) is 4.79 Å². The number of carbonyl (C=O) groups is 1. The largest absolute Gasteiger partial charge is 0.367 e. The van der Waals surface area contributed by atoms with Gasteiger partial charge >= 0.3 is 0 Å². The van der Waals surface area contributed by atoms with Crippen LogP contribution in [0.1, 0.15) is 43.6 Å². The summed E-state index contributed by atoms with van der Waals surface area (Å²) in [7, 11) is 0. The van der Waals surface area contributed by atoms with Crippen LogP contribution < -0.4 is 0 Å². The van der Waals surface area contributed by atoms with Crippen molar-refractivity contribution in [2.24, 2.45) is 0 Å². The van der Waals surface area contributed by atoms with Gasteiger partial charge in [-0.05, 0) is 42.7 Å². The first-order valence-electron chi connectivity index (χ1n) is 11.2. The molecular formula is C25H28BrN3O3. The molecule has 3 aromatic rings. The molecule has 1 saturated carbocycles. The highest BCUT2D eigenvalue weighted by atomic mass is 79.9. The summed E-state index contributed by atoms with van der Waals surface area (Å²) in [5.74, 6) is 1.14. The Balaban J connectivity index is 1.36. The second-order valence-electron chi connectivity index (χ2n) is 8.13. The van der Waals surface area contributed by atoms with Gasteiger partial charge in [0.2, 0.25) is 17.6 Å². The topological polar surface area (TPSA) is 68.5 Å². The number of halogens is 1. The zero-order chi connectivity index (χ0) is 22.2. The number of nitrogens with zero attached hydrogens (tertiary/aromatic N) is 3. The van der Waals surface area contributed by atoms with Crippen LogP contribution in [0.2, 0.25) is 0 Å². The van der Waals surface area contributed by atoms with E-state index >= 15 is 0 Å². The lowest BCUT2D eigenvalue weighted by atomic mass is 9.94. The van der Waals surface area contributed by atoms with E-state index in [0.717, 1.165) is 41.3 Å². The van der Waals surface area contributed by atoms with Crippen molar-refractivity contribution in [1.29, 1.82) is 0 Å². The Morgan fingerprint density at radius 1 is 1.06 bits per heavy atom. The van der Waals surface area contributed by atoms with Gasteiger partial charge in [0.1, 0.15) is 6.61 Å². The first-order valence-corrected chi connectivity index (χ1v) is 12.0. The normalized spacial score (nSPS) is 14.4. The molecule has 0 bridgehead atoms. The summed E-state index contributed by atoms with van der Waals surface area (Å²) in [6.07, 6.45) is 6.17. The van der Waals surface area contributed by atoms with Crippen LogP contribution in [0.5, 0.6) is 0 Å². The Morgan fingerprint density at radius 3 is 2.56 bits per heavy atom. The number of amides is 1. The third-order valence-electron chi connectivity index (χ3n) is 5.81. The highest BCUT2D eigenvalue weighted by Crippen LogP contribution is 2.24. The van der Waals surface area contributed by atoms with Gasteiger partial charge in [0.15, 0.2) is 0 Å². The lowest BCUT2D eigenvalue weighted by Gasteiger charge is -2.34. The van der Waals surface area contributed by atoms with Gasteiger partial charge in [-0.1, -0.05) is 70.7 Å². The predicted molar refractivity (Wildman–Crippen MR) is 126 cm³/mol. The van der Waals surface area contributed by atoms with Gasteiger partial charge in [0.05, 0.1) is 6.61 Å². The number of rotatable bonds is 9. The third kappa shape index (κ3) is 6.26. The molecular weight excluding hydrogens is 470 g/mol. The molecule has 1 heterocycles. The van der Waals surface area contributed by atoms with Crippen molar-refractivity contribution in [2.45, 2.75) is 51.2 Å². The number of hydrogen-bond acceptors (Lipinski definition) is 5. The maximum Gasteiger partial charge on any atom is 0.248 e. The number of ether oxygens (including phenoxy) is 1. The number of hydrogen-bond donors (Lipinski definition) is 0. The first kappa shape index (κ1) is 22.7. The van der Waals surface area contributed by atoms with E-state index in [4.69, 9.17) is 9.26 Å². The van der Waals surface area contributed by atoms with E-state index in [0.29, 0.717) is 31.3 Å². The molecule has 0 N–H and O–H groups in total. The Morgan fingerprint density at radius 2 is 1.81 bits per heavy atom. The zero-order valence-corrected chi connectivity index (χ0v) is 19.7. The maximum absolute atomic E-state index is 13.0. The molecule has 4 rings (SSSR count). The van der Waals surface area contributed by atoms with Crippen LogP contribution in [0.3, 0.4) is 0 Å². The van der Waals surface area contributed by atoms with Gasteiger partial charge in [-0.25, -0.2) is 0 Å². The fraction of sp³-hybridized carbons (Fsp3) is 0.400. The van der Waals surface area contributed by atoms with E-state index in [2.05, 4.69) is 26.1 Å². The van der Waals surface area contributed by atoms with E-state index in [1.54, 1.807) is 0 Å². The monoisotopic (exact) mass is 497 g/mol. The van der Waals surface area contributed by atoms with Crippen LogP contribution >= 0.6 is 15.9 Å². The fourth-order valence-corrected chi connectivity index (χ4v) is 4.37. The maximum atomic E-state index is 13.0. The summed E-state index contributed by atoms with van der Waals surface area (Å²) in [4.78, 5) is 19.5. The minimum Gasteiger partial charge on any atom is -0.367 e. The smallest absolute Gasteiger partial charge is 0.248 e. The van der Waals surface area contributed by atoms with E-state index < -0.39 is 0 Å². The van der Waals surface area contributed by atoms with Gasteiger partial charge in [-0.15, -0.1) is 0 Å². The molecule has 2 aromatic carbocycles. The summed E-state index contributed by atoms with van der Waals surface area (Å²) in [5, 5.41) is 4.11. The molecule has 7 heteroatoms. The van der Waals surface area contributed by atoms with Crippen molar-refractivity contribution >= 4 is 21.8 Å². The van der Waals surface area contributed by atoms with Crippen LogP contribution in [0.15, 0.2) is 63.6 Å². The SMILES string of the molecule is O=C(COCc1ccccc1)N(CCc1nc(-c2ccc(Br)cc2)no1)C1CCCCC1. The van der Waals surface area contributed by atoms with Crippen LogP contribution in [0.25, 0.3) is 11.4 Å². The van der Waals surface area contributed by atoms with Gasteiger partial charge < -0.3 is 14.2 Å². The van der Waals surface area contributed by atoms with Crippen LogP contribution in [0, 0.1) is 0 Å². The van der Waals surface area contributed by atoms with Gasteiger partial charge in [0, 0.05) is 29.0 Å². The second-order valence-corrected chi connectivity index (χ2v) is 9.04. The number of benzene rings is 2. The molecule has 0 atom stereocenters. The molecule has 6 nitrogen and oxygen atoms in total. The molecule has 32 heavy (non-hydrogen) atoms. The fourth-order valence-electron chi connectivity index (χ4n) is 4.11. The molecule has 1 aromatic heterocycles. The van der Waals surface area contributed by atoms with E-state index in [1.807, 2.05) is 59.5 Å². The Bertz CT molecular complexity index is 985. The molecule has 1 fully saturated rings. The van der Waals surface area contributed by atoms with Crippen molar-refractivity contribution in [3.05, 3.63) is 70.5 Å². The molecule has 0 aliphatic heterocycles. The molecule has 0 radical (unpaired) electrons. The summed E-state index contributed by atoms with van der Waals surface area (Å²) >= 11 is 3.43. The molecule has 168 valence electrons. The predicted octanol–water partition coefficient (Wildman–Crippen LogP) is 5.42. The van der Waals surface area contributed by atoms with Crippen LogP contribution in [-0.2, 0) is 22.6 Å². The number of carbonyl (C=O) groups excluding carboxylic acids is 1. The van der Waals surface area contributed by atoms with Crippen molar-refractivity contribution in [3.8, 4) is 11.4 Å². The minimum absolute atomic E-state index is 0.0282. The van der Waals surface area contributed by atoms with E-state index in [1.165, 1.54) is 6.42 Å². The average Bonchev–Trinajstić information content (AvgIpc) is 3.30. The molecule has 0 unspecified atom stereocenters. The summed E-state index contributed by atoms with van der Waals surface area (Å²) in [6, 6.07) is 18.0. The quantitative estimate of drug-likeness (QED) is 0.394. The van der Waals surface area contributed by atoms with Crippen molar-refractivity contribution in [1.82, 2.24) is 15.0 Å². The standard InChI is InChI=1S/C25H28BrN3O3/c26-21-13-11-20(12-14-21)25-27-23(32-28-25)15-16-29(22-9-5-2-6-10-22)24(30)18-31-17-19-7-3-1-4-8-19/h1,3-4,7-8,11-14,22H,2,5-6,9-10,15-18H2. The Hall–Kier alpha value is -2.51. The third-order valence-corrected chi connectivity index (χ3v) is 6.34. The number of aromatic nitrogens is 2. The lowest BCUT2D eigenvalue weighted by molar-refractivity contribution is -0.139. The van der Waals surface area contributed by atoms with Crippen molar-refractivity contribution in [3.63, 3.8) is 0 Å². The molecule has 1 amide bonds. The average molecular weight is 498 g/mol. The molecule has 0 saturated heterocycles. The highest BCUT2D eigenvalue weighted by Gasteiger charge is 2.26. The molecule has 0 spiro atoms. The summed E-state index contributed by atoms with van der Waals surface area (Å²) < 4.78 is 12.2. The Kier molecular flexibility index (Phi) is 8.07. The van der Waals surface area contributed by atoms with E-state index in [9.17, 15) is 4.79 Å². The van der Waals surface area contributed by atoms with Crippen molar-refractivity contribution < 1.29 is 14.1 Å². The Labute approximate surface area is 197 Å². The summed E-state index contributed by atoms with van der Waals surface area (Å²) in [5.41, 5.74) is 1.97. The molecule has 1 aliphatic rings. The van der Waals surface area contributed by atoms with Crippen LogP contribution in [-0.4, -0.2) is 40.1 Å². The van der Waals surface area contributed by atoms with Gasteiger partial charge in [-0.2, -0.15) is 4.98 Å². The zero-order valence-electron chi connectivity index (χ0n) is 18.1. The molecule has 1 aliphatic carbocycles. The van der Waals surface area contributed by atoms with Crippen molar-refractivity contribution in [2.75, 3.05) is 13.2 Å². The first-order chi connectivity index (χ1) is 15.7. The lowest BCUT2D eigenvalue weighted by Crippen LogP contribution is -2.44. The van der Waals surface area contributed by atoms with E-state index in [-0.39, 0.29) is 18.6 Å². The second kappa shape index (κ2) is 11.4. The highest BCUT2D eigenvalue weighted by molar-refractivity contribution is 9.10.